The molecule has 2 aliphatic rings. The summed E-state index contributed by atoms with van der Waals surface area (Å²) in [6, 6.07) is 0.752. The van der Waals surface area contributed by atoms with Crippen LogP contribution in [0.2, 0.25) is 0 Å². The van der Waals surface area contributed by atoms with Gasteiger partial charge in [0.1, 0.15) is 0 Å². The van der Waals surface area contributed by atoms with Gasteiger partial charge in [-0.1, -0.05) is 26.7 Å². The largest absolute Gasteiger partial charge is 0.314 e. The normalized spacial score (nSPS) is 25.6. The highest BCUT2D eigenvalue weighted by Crippen LogP contribution is 2.50. The van der Waals surface area contributed by atoms with Crippen molar-refractivity contribution in [2.24, 2.45) is 17.3 Å². The monoisotopic (exact) mass is 209 g/mol. The number of hydrogen-bond donors (Lipinski definition) is 1. The predicted octanol–water partition coefficient (Wildman–Crippen LogP) is 3.59. The van der Waals surface area contributed by atoms with Crippen LogP contribution in [0.5, 0.6) is 0 Å². The van der Waals surface area contributed by atoms with Gasteiger partial charge in [0, 0.05) is 12.6 Å². The maximum absolute atomic E-state index is 3.76. The van der Waals surface area contributed by atoms with Crippen LogP contribution in [0.3, 0.4) is 0 Å². The Labute approximate surface area is 95.0 Å². The average molecular weight is 209 g/mol. The molecule has 0 aliphatic heterocycles. The minimum absolute atomic E-state index is 0.700. The lowest BCUT2D eigenvalue weighted by molar-refractivity contribution is 0.342. The quantitative estimate of drug-likeness (QED) is 0.675. The first-order chi connectivity index (χ1) is 7.10. The van der Waals surface area contributed by atoms with Gasteiger partial charge in [0.25, 0.3) is 0 Å². The van der Waals surface area contributed by atoms with Gasteiger partial charge in [-0.05, 0) is 49.9 Å². The molecular formula is C14H27N. The summed E-state index contributed by atoms with van der Waals surface area (Å²) in [5.74, 6) is 1.93. The van der Waals surface area contributed by atoms with Gasteiger partial charge < -0.3 is 5.32 Å². The Kier molecular flexibility index (Phi) is 3.39. The summed E-state index contributed by atoms with van der Waals surface area (Å²) in [5.41, 5.74) is 0.700. The third-order valence-corrected chi connectivity index (χ3v) is 4.01. The van der Waals surface area contributed by atoms with Crippen LogP contribution in [0.4, 0.5) is 0 Å². The van der Waals surface area contributed by atoms with Crippen LogP contribution in [0.25, 0.3) is 0 Å². The van der Waals surface area contributed by atoms with Crippen molar-refractivity contribution in [3.8, 4) is 0 Å². The molecule has 1 atom stereocenters. The second-order valence-corrected chi connectivity index (χ2v) is 6.56. The Bertz CT molecular complexity index is 201. The molecule has 2 rings (SSSR count). The zero-order valence-electron chi connectivity index (χ0n) is 10.7. The highest BCUT2D eigenvalue weighted by atomic mass is 14.9. The van der Waals surface area contributed by atoms with E-state index in [1.165, 1.54) is 45.1 Å². The van der Waals surface area contributed by atoms with Crippen molar-refractivity contribution in [1.29, 1.82) is 0 Å². The molecule has 2 fully saturated rings. The van der Waals surface area contributed by atoms with E-state index >= 15 is 0 Å². The molecule has 0 aromatic rings. The fourth-order valence-electron chi connectivity index (χ4n) is 2.82. The minimum atomic E-state index is 0.700. The van der Waals surface area contributed by atoms with Gasteiger partial charge in [-0.2, -0.15) is 0 Å². The van der Waals surface area contributed by atoms with Gasteiger partial charge in [-0.25, -0.2) is 0 Å². The van der Waals surface area contributed by atoms with Crippen molar-refractivity contribution in [2.75, 3.05) is 6.54 Å². The Morgan fingerprint density at radius 1 is 1.20 bits per heavy atom. The first-order valence-electron chi connectivity index (χ1n) is 6.83. The Hall–Kier alpha value is -0.0400. The van der Waals surface area contributed by atoms with E-state index in [4.69, 9.17) is 0 Å². The number of rotatable bonds is 7. The van der Waals surface area contributed by atoms with Crippen molar-refractivity contribution >= 4 is 0 Å². The van der Waals surface area contributed by atoms with Crippen LogP contribution in [0.15, 0.2) is 0 Å². The van der Waals surface area contributed by atoms with Gasteiger partial charge in [0.05, 0.1) is 0 Å². The molecule has 0 aromatic heterocycles. The molecule has 1 nitrogen and oxygen atoms in total. The molecule has 15 heavy (non-hydrogen) atoms. The van der Waals surface area contributed by atoms with Crippen molar-refractivity contribution in [1.82, 2.24) is 5.32 Å². The maximum atomic E-state index is 3.76. The molecule has 0 amide bonds. The Morgan fingerprint density at radius 2 is 1.87 bits per heavy atom. The van der Waals surface area contributed by atoms with E-state index in [0.29, 0.717) is 5.41 Å². The van der Waals surface area contributed by atoms with E-state index in [0.717, 1.165) is 17.9 Å². The van der Waals surface area contributed by atoms with Crippen molar-refractivity contribution in [3.63, 3.8) is 0 Å². The van der Waals surface area contributed by atoms with Gasteiger partial charge >= 0.3 is 0 Å². The molecule has 0 radical (unpaired) electrons. The molecule has 2 saturated carbocycles. The summed E-state index contributed by atoms with van der Waals surface area (Å²) in [6.45, 7) is 8.35. The van der Waals surface area contributed by atoms with Crippen molar-refractivity contribution in [3.05, 3.63) is 0 Å². The van der Waals surface area contributed by atoms with Gasteiger partial charge in [0.2, 0.25) is 0 Å². The second kappa shape index (κ2) is 4.45. The molecule has 0 saturated heterocycles. The standard InChI is InChI=1S/C14H27N/c1-11(2)9-14(6-7-14)10-15-12(3)8-13-4-5-13/h11-13,15H,4-10H2,1-3H3. The second-order valence-electron chi connectivity index (χ2n) is 6.56. The van der Waals surface area contributed by atoms with E-state index in [9.17, 15) is 0 Å². The highest BCUT2D eigenvalue weighted by molar-refractivity contribution is 4.96. The summed E-state index contributed by atoms with van der Waals surface area (Å²) < 4.78 is 0. The van der Waals surface area contributed by atoms with Crippen LogP contribution in [0.1, 0.15) is 59.3 Å². The lowest BCUT2D eigenvalue weighted by atomic mass is 9.94. The zero-order chi connectivity index (χ0) is 10.9. The van der Waals surface area contributed by atoms with Gasteiger partial charge in [-0.3, -0.25) is 0 Å². The third-order valence-electron chi connectivity index (χ3n) is 4.01. The van der Waals surface area contributed by atoms with E-state index in [-0.39, 0.29) is 0 Å². The fourth-order valence-corrected chi connectivity index (χ4v) is 2.82. The fraction of sp³-hybridized carbons (Fsp3) is 1.00. The van der Waals surface area contributed by atoms with Crippen LogP contribution in [-0.2, 0) is 0 Å². The van der Waals surface area contributed by atoms with E-state index in [2.05, 4.69) is 26.1 Å². The Morgan fingerprint density at radius 3 is 2.33 bits per heavy atom. The first-order valence-corrected chi connectivity index (χ1v) is 6.83. The van der Waals surface area contributed by atoms with Crippen molar-refractivity contribution < 1.29 is 0 Å². The molecule has 0 aromatic carbocycles. The molecule has 0 spiro atoms. The number of hydrogen-bond acceptors (Lipinski definition) is 1. The maximum Gasteiger partial charge on any atom is 0.00415 e. The minimum Gasteiger partial charge on any atom is -0.314 e. The zero-order valence-corrected chi connectivity index (χ0v) is 10.7. The topological polar surface area (TPSA) is 12.0 Å². The predicted molar refractivity (Wildman–Crippen MR) is 65.9 cm³/mol. The van der Waals surface area contributed by atoms with E-state index in [1.54, 1.807) is 0 Å². The summed E-state index contributed by atoms with van der Waals surface area (Å²) in [5, 5.41) is 3.76. The van der Waals surface area contributed by atoms with E-state index < -0.39 is 0 Å². The summed E-state index contributed by atoms with van der Waals surface area (Å²) in [6.07, 6.45) is 8.75. The lowest BCUT2D eigenvalue weighted by Gasteiger charge is -2.21. The molecule has 1 unspecified atom stereocenters. The van der Waals surface area contributed by atoms with Crippen LogP contribution in [-0.4, -0.2) is 12.6 Å². The Balaban J connectivity index is 1.63. The molecule has 1 heteroatoms. The molecular weight excluding hydrogens is 182 g/mol. The molecule has 0 heterocycles. The van der Waals surface area contributed by atoms with Gasteiger partial charge in [0.15, 0.2) is 0 Å². The summed E-state index contributed by atoms with van der Waals surface area (Å²) >= 11 is 0. The first kappa shape index (κ1) is 11.4. The van der Waals surface area contributed by atoms with Crippen LogP contribution >= 0.6 is 0 Å². The van der Waals surface area contributed by atoms with Crippen molar-refractivity contribution in [2.45, 2.75) is 65.3 Å². The third kappa shape index (κ3) is 3.79. The SMILES string of the molecule is CC(C)CC1(CNC(C)CC2CC2)CC1. The summed E-state index contributed by atoms with van der Waals surface area (Å²) in [7, 11) is 0. The lowest BCUT2D eigenvalue weighted by Crippen LogP contribution is -2.33. The number of nitrogens with one attached hydrogen (secondary N) is 1. The van der Waals surface area contributed by atoms with Gasteiger partial charge in [-0.15, -0.1) is 0 Å². The van der Waals surface area contributed by atoms with Crippen LogP contribution in [0, 0.1) is 17.3 Å². The average Bonchev–Trinajstić information content (AvgIpc) is 2.99. The highest BCUT2D eigenvalue weighted by Gasteiger charge is 2.42. The molecule has 1 N–H and O–H groups in total. The molecule has 0 bridgehead atoms. The summed E-state index contributed by atoms with van der Waals surface area (Å²) in [4.78, 5) is 0. The van der Waals surface area contributed by atoms with E-state index in [1.807, 2.05) is 0 Å². The molecule has 88 valence electrons. The molecule has 2 aliphatic carbocycles. The van der Waals surface area contributed by atoms with Crippen LogP contribution < -0.4 is 5.32 Å². The smallest absolute Gasteiger partial charge is 0.00415 e.